The predicted molar refractivity (Wildman–Crippen MR) is 75.2 cm³/mol. The Morgan fingerprint density at radius 1 is 1.30 bits per heavy atom. The number of nitrogens with one attached hydrogen (secondary N) is 2. The monoisotopic (exact) mass is 274 g/mol. The van der Waals surface area contributed by atoms with Gasteiger partial charge in [0, 0.05) is 18.9 Å². The molecular formula is C12H18N8. The van der Waals surface area contributed by atoms with Crippen molar-refractivity contribution in [2.45, 2.75) is 26.2 Å². The van der Waals surface area contributed by atoms with Gasteiger partial charge in [0.15, 0.2) is 0 Å². The van der Waals surface area contributed by atoms with Gasteiger partial charge in [0.1, 0.15) is 6.33 Å². The lowest BCUT2D eigenvalue weighted by atomic mass is 10.0. The van der Waals surface area contributed by atoms with Crippen LogP contribution in [0.2, 0.25) is 0 Å². The van der Waals surface area contributed by atoms with Gasteiger partial charge in [-0.05, 0) is 24.7 Å². The molecular weight excluding hydrogens is 256 g/mol. The molecule has 1 aliphatic rings. The first kappa shape index (κ1) is 12.8. The molecule has 20 heavy (non-hydrogen) atoms. The van der Waals surface area contributed by atoms with Crippen molar-refractivity contribution < 1.29 is 0 Å². The van der Waals surface area contributed by atoms with Crippen molar-refractivity contribution in [3.05, 3.63) is 18.7 Å². The average Bonchev–Trinajstić information content (AvgIpc) is 3.06. The van der Waals surface area contributed by atoms with E-state index in [-0.39, 0.29) is 0 Å². The smallest absolute Gasteiger partial charge is 0.243 e. The Bertz CT molecular complexity index is 575. The van der Waals surface area contributed by atoms with Gasteiger partial charge in [-0.3, -0.25) is 9.99 Å². The SMILES string of the molecule is CCC1(CNc2nc(NN)nc(-n3ccnc3)n2)CC1. The molecule has 0 aliphatic heterocycles. The fourth-order valence-electron chi connectivity index (χ4n) is 2.10. The van der Waals surface area contributed by atoms with Crippen LogP contribution in [0.4, 0.5) is 11.9 Å². The number of rotatable bonds is 6. The molecule has 1 aliphatic carbocycles. The lowest BCUT2D eigenvalue weighted by Crippen LogP contribution is -2.19. The fourth-order valence-corrected chi connectivity index (χ4v) is 2.10. The van der Waals surface area contributed by atoms with Crippen molar-refractivity contribution in [1.29, 1.82) is 0 Å². The van der Waals surface area contributed by atoms with Gasteiger partial charge in [0.2, 0.25) is 17.8 Å². The third kappa shape index (κ3) is 2.55. The molecule has 2 heterocycles. The highest BCUT2D eigenvalue weighted by atomic mass is 15.4. The molecule has 0 aromatic carbocycles. The normalized spacial score (nSPS) is 15.9. The quantitative estimate of drug-likeness (QED) is 0.531. The molecule has 0 radical (unpaired) electrons. The zero-order chi connectivity index (χ0) is 14.0. The second-order valence-corrected chi connectivity index (χ2v) is 5.10. The first-order valence-corrected chi connectivity index (χ1v) is 6.69. The van der Waals surface area contributed by atoms with Crippen LogP contribution in [0.25, 0.3) is 5.95 Å². The van der Waals surface area contributed by atoms with Gasteiger partial charge < -0.3 is 5.32 Å². The number of hydrogen-bond acceptors (Lipinski definition) is 7. The van der Waals surface area contributed by atoms with Crippen molar-refractivity contribution in [3.63, 3.8) is 0 Å². The number of nitrogens with zero attached hydrogens (tertiary/aromatic N) is 5. The largest absolute Gasteiger partial charge is 0.353 e. The van der Waals surface area contributed by atoms with Crippen molar-refractivity contribution in [2.75, 3.05) is 17.3 Å². The van der Waals surface area contributed by atoms with Crippen LogP contribution in [0.3, 0.4) is 0 Å². The summed E-state index contributed by atoms with van der Waals surface area (Å²) in [6, 6.07) is 0. The minimum atomic E-state index is 0.326. The van der Waals surface area contributed by atoms with E-state index in [1.807, 2.05) is 0 Å². The van der Waals surface area contributed by atoms with Crippen LogP contribution in [0, 0.1) is 5.41 Å². The van der Waals surface area contributed by atoms with Crippen LogP contribution in [0.5, 0.6) is 0 Å². The second kappa shape index (κ2) is 5.04. The number of nitrogens with two attached hydrogens (primary N) is 1. The Balaban J connectivity index is 1.81. The summed E-state index contributed by atoms with van der Waals surface area (Å²) in [6.07, 6.45) is 8.77. The first-order chi connectivity index (χ1) is 9.74. The highest BCUT2D eigenvalue weighted by molar-refractivity contribution is 5.37. The van der Waals surface area contributed by atoms with Gasteiger partial charge in [0.05, 0.1) is 0 Å². The molecule has 8 heteroatoms. The van der Waals surface area contributed by atoms with Gasteiger partial charge in [-0.15, -0.1) is 0 Å². The average molecular weight is 274 g/mol. The Hall–Kier alpha value is -2.22. The summed E-state index contributed by atoms with van der Waals surface area (Å²) in [4.78, 5) is 16.8. The van der Waals surface area contributed by atoms with Crippen molar-refractivity contribution in [1.82, 2.24) is 24.5 Å². The molecule has 0 saturated heterocycles. The van der Waals surface area contributed by atoms with Crippen LogP contribution in [0.15, 0.2) is 18.7 Å². The fraction of sp³-hybridized carbons (Fsp3) is 0.500. The molecule has 3 rings (SSSR count). The number of hydrogen-bond donors (Lipinski definition) is 3. The van der Waals surface area contributed by atoms with E-state index < -0.39 is 0 Å². The summed E-state index contributed by atoms with van der Waals surface area (Å²) in [6.45, 7) is 3.09. The van der Waals surface area contributed by atoms with E-state index >= 15 is 0 Å². The van der Waals surface area contributed by atoms with E-state index in [2.05, 4.69) is 37.6 Å². The maximum atomic E-state index is 5.41. The van der Waals surface area contributed by atoms with Gasteiger partial charge in [0.25, 0.3) is 0 Å². The summed E-state index contributed by atoms with van der Waals surface area (Å²) < 4.78 is 1.71. The van der Waals surface area contributed by atoms with Gasteiger partial charge in [-0.2, -0.15) is 15.0 Å². The topological polar surface area (TPSA) is 107 Å². The number of imidazole rings is 1. The van der Waals surface area contributed by atoms with Crippen molar-refractivity contribution in [3.8, 4) is 5.95 Å². The third-order valence-electron chi connectivity index (χ3n) is 3.82. The van der Waals surface area contributed by atoms with Crippen LogP contribution in [0.1, 0.15) is 26.2 Å². The summed E-state index contributed by atoms with van der Waals surface area (Å²) >= 11 is 0. The molecule has 8 nitrogen and oxygen atoms in total. The lowest BCUT2D eigenvalue weighted by molar-refractivity contribution is 0.519. The molecule has 0 amide bonds. The Morgan fingerprint density at radius 3 is 2.70 bits per heavy atom. The maximum Gasteiger partial charge on any atom is 0.243 e. The molecule has 2 aromatic heterocycles. The molecule has 4 N–H and O–H groups in total. The van der Waals surface area contributed by atoms with E-state index in [1.165, 1.54) is 19.3 Å². The molecule has 1 fully saturated rings. The Kier molecular flexibility index (Phi) is 3.23. The Morgan fingerprint density at radius 2 is 2.10 bits per heavy atom. The minimum Gasteiger partial charge on any atom is -0.353 e. The first-order valence-electron chi connectivity index (χ1n) is 6.69. The van der Waals surface area contributed by atoms with E-state index in [1.54, 1.807) is 23.3 Å². The molecule has 2 aromatic rings. The number of aromatic nitrogens is 5. The molecule has 0 spiro atoms. The number of hydrazine groups is 1. The van der Waals surface area contributed by atoms with Crippen molar-refractivity contribution >= 4 is 11.9 Å². The van der Waals surface area contributed by atoms with Crippen LogP contribution in [-0.4, -0.2) is 31.0 Å². The summed E-state index contributed by atoms with van der Waals surface area (Å²) in [7, 11) is 0. The standard InChI is InChI=1S/C12H18N8/c1-2-12(3-4-12)7-15-9-16-10(19-13)18-11(17-9)20-6-5-14-8-20/h5-6,8H,2-4,7,13H2,1H3,(H2,15,16,17,18,19). The molecule has 0 atom stereocenters. The van der Waals surface area contributed by atoms with E-state index in [0.717, 1.165) is 6.54 Å². The van der Waals surface area contributed by atoms with Gasteiger partial charge in [-0.1, -0.05) is 6.92 Å². The molecule has 0 unspecified atom stereocenters. The number of nitrogen functional groups attached to an aromatic ring is 1. The number of anilines is 2. The van der Waals surface area contributed by atoms with Gasteiger partial charge >= 0.3 is 0 Å². The van der Waals surface area contributed by atoms with E-state index in [4.69, 9.17) is 5.84 Å². The predicted octanol–water partition coefficient (Wildman–Crippen LogP) is 0.945. The van der Waals surface area contributed by atoms with Crippen LogP contribution >= 0.6 is 0 Å². The van der Waals surface area contributed by atoms with E-state index in [9.17, 15) is 0 Å². The summed E-state index contributed by atoms with van der Waals surface area (Å²) in [5.41, 5.74) is 2.88. The van der Waals surface area contributed by atoms with Crippen LogP contribution < -0.4 is 16.6 Å². The third-order valence-corrected chi connectivity index (χ3v) is 3.82. The zero-order valence-corrected chi connectivity index (χ0v) is 11.4. The molecule has 0 bridgehead atoms. The highest BCUT2D eigenvalue weighted by Crippen LogP contribution is 2.48. The van der Waals surface area contributed by atoms with E-state index in [0.29, 0.717) is 23.3 Å². The summed E-state index contributed by atoms with van der Waals surface area (Å²) in [5.74, 6) is 6.74. The van der Waals surface area contributed by atoms with Crippen molar-refractivity contribution in [2.24, 2.45) is 11.3 Å². The second-order valence-electron chi connectivity index (χ2n) is 5.10. The molecule has 106 valence electrons. The Labute approximate surface area is 116 Å². The highest BCUT2D eigenvalue weighted by Gasteiger charge is 2.40. The minimum absolute atomic E-state index is 0.326. The molecule has 1 saturated carbocycles. The zero-order valence-electron chi connectivity index (χ0n) is 11.4. The summed E-state index contributed by atoms with van der Waals surface area (Å²) in [5, 5.41) is 3.28. The van der Waals surface area contributed by atoms with Crippen LogP contribution in [-0.2, 0) is 0 Å². The van der Waals surface area contributed by atoms with Gasteiger partial charge in [-0.25, -0.2) is 10.8 Å². The lowest BCUT2D eigenvalue weighted by Gasteiger charge is -2.14. The maximum absolute atomic E-state index is 5.41.